The van der Waals surface area contributed by atoms with E-state index in [0.29, 0.717) is 24.2 Å². The number of hydrogen-bond donors (Lipinski definition) is 0. The van der Waals surface area contributed by atoms with Crippen LogP contribution >= 0.6 is 11.6 Å². The standard InChI is InChI=1S/C15H15ClN6O/c1-9(2)22-14(17-8-18-22)11-7-21-5-6-23-15-10(13(21)19-11)3-4-12(16)20-15/h3-4,7-9H,5-6H2,1-2H3. The Hall–Kier alpha value is -2.41. The van der Waals surface area contributed by atoms with Crippen LogP contribution in [-0.2, 0) is 6.54 Å². The Bertz CT molecular complexity index is 869. The molecule has 0 bridgehead atoms. The van der Waals surface area contributed by atoms with Gasteiger partial charge in [0.1, 0.15) is 29.6 Å². The number of hydrogen-bond acceptors (Lipinski definition) is 5. The maximum Gasteiger partial charge on any atom is 0.226 e. The van der Waals surface area contributed by atoms with E-state index in [9.17, 15) is 0 Å². The van der Waals surface area contributed by atoms with Crippen molar-refractivity contribution in [3.8, 4) is 28.8 Å². The zero-order valence-corrected chi connectivity index (χ0v) is 13.5. The predicted octanol–water partition coefficient (Wildman–Crippen LogP) is 2.83. The highest BCUT2D eigenvalue weighted by Gasteiger charge is 2.22. The van der Waals surface area contributed by atoms with E-state index in [4.69, 9.17) is 21.3 Å². The number of nitrogens with zero attached hydrogens (tertiary/aromatic N) is 6. The van der Waals surface area contributed by atoms with E-state index < -0.39 is 0 Å². The average molecular weight is 331 g/mol. The third-order valence-corrected chi connectivity index (χ3v) is 3.92. The molecule has 0 spiro atoms. The van der Waals surface area contributed by atoms with Gasteiger partial charge in [0.25, 0.3) is 0 Å². The normalized spacial score (nSPS) is 13.4. The van der Waals surface area contributed by atoms with E-state index in [1.807, 2.05) is 16.9 Å². The molecule has 7 nitrogen and oxygen atoms in total. The second-order valence-electron chi connectivity index (χ2n) is 5.60. The van der Waals surface area contributed by atoms with Crippen LogP contribution in [0, 0.1) is 0 Å². The van der Waals surface area contributed by atoms with Gasteiger partial charge in [-0.3, -0.25) is 0 Å². The van der Waals surface area contributed by atoms with Gasteiger partial charge in [-0.25, -0.2) is 19.6 Å². The minimum Gasteiger partial charge on any atom is -0.475 e. The van der Waals surface area contributed by atoms with Gasteiger partial charge in [-0.15, -0.1) is 0 Å². The fourth-order valence-electron chi connectivity index (χ4n) is 2.66. The molecule has 0 aliphatic carbocycles. The molecule has 0 amide bonds. The lowest BCUT2D eigenvalue weighted by Crippen LogP contribution is -2.06. The molecule has 3 aromatic rings. The van der Waals surface area contributed by atoms with Crippen molar-refractivity contribution in [1.82, 2.24) is 29.3 Å². The predicted molar refractivity (Wildman–Crippen MR) is 85.4 cm³/mol. The first-order valence-electron chi connectivity index (χ1n) is 7.40. The minimum atomic E-state index is 0.213. The fourth-order valence-corrected chi connectivity index (χ4v) is 2.80. The number of aromatic nitrogens is 6. The third-order valence-electron chi connectivity index (χ3n) is 3.71. The molecule has 0 radical (unpaired) electrons. The van der Waals surface area contributed by atoms with Crippen LogP contribution in [0.1, 0.15) is 19.9 Å². The van der Waals surface area contributed by atoms with E-state index in [1.54, 1.807) is 12.4 Å². The molecule has 0 N–H and O–H groups in total. The van der Waals surface area contributed by atoms with Crippen molar-refractivity contribution in [2.24, 2.45) is 0 Å². The molecular weight excluding hydrogens is 316 g/mol. The van der Waals surface area contributed by atoms with Gasteiger partial charge >= 0.3 is 0 Å². The molecule has 0 saturated heterocycles. The lowest BCUT2D eigenvalue weighted by molar-refractivity contribution is 0.296. The molecule has 8 heteroatoms. The topological polar surface area (TPSA) is 70.7 Å². The molecule has 4 rings (SSSR count). The summed E-state index contributed by atoms with van der Waals surface area (Å²) >= 11 is 5.96. The monoisotopic (exact) mass is 330 g/mol. The number of imidazole rings is 1. The van der Waals surface area contributed by atoms with Crippen molar-refractivity contribution in [2.75, 3.05) is 6.61 Å². The summed E-state index contributed by atoms with van der Waals surface area (Å²) in [6, 6.07) is 3.83. The first-order chi connectivity index (χ1) is 11.1. The van der Waals surface area contributed by atoms with Crippen LogP contribution in [0.15, 0.2) is 24.7 Å². The summed E-state index contributed by atoms with van der Waals surface area (Å²) in [5, 5.41) is 4.68. The molecule has 1 aliphatic heterocycles. The van der Waals surface area contributed by atoms with E-state index in [0.717, 1.165) is 22.9 Å². The van der Waals surface area contributed by atoms with Crippen molar-refractivity contribution in [3.63, 3.8) is 0 Å². The van der Waals surface area contributed by atoms with Crippen molar-refractivity contribution in [3.05, 3.63) is 29.8 Å². The van der Waals surface area contributed by atoms with Crippen LogP contribution in [0.3, 0.4) is 0 Å². The van der Waals surface area contributed by atoms with Crippen molar-refractivity contribution in [1.29, 1.82) is 0 Å². The van der Waals surface area contributed by atoms with E-state index in [2.05, 4.69) is 33.5 Å². The molecular formula is C15H15ClN6O. The smallest absolute Gasteiger partial charge is 0.226 e. The number of fused-ring (bicyclic) bond motifs is 3. The Morgan fingerprint density at radius 3 is 2.91 bits per heavy atom. The highest BCUT2D eigenvalue weighted by molar-refractivity contribution is 6.29. The van der Waals surface area contributed by atoms with Gasteiger partial charge in [0.2, 0.25) is 5.88 Å². The maximum absolute atomic E-state index is 5.96. The van der Waals surface area contributed by atoms with Crippen LogP contribution in [0.25, 0.3) is 22.9 Å². The van der Waals surface area contributed by atoms with E-state index in [1.165, 1.54) is 0 Å². The quantitative estimate of drug-likeness (QED) is 0.676. The minimum absolute atomic E-state index is 0.213. The molecule has 0 atom stereocenters. The Morgan fingerprint density at radius 1 is 1.22 bits per heavy atom. The first kappa shape index (κ1) is 14.2. The summed E-state index contributed by atoms with van der Waals surface area (Å²) in [6.07, 6.45) is 3.53. The Kier molecular flexibility index (Phi) is 3.30. The number of ether oxygens (including phenoxy) is 1. The first-order valence-corrected chi connectivity index (χ1v) is 7.78. The summed E-state index contributed by atoms with van der Waals surface area (Å²) in [7, 11) is 0. The largest absolute Gasteiger partial charge is 0.475 e. The Morgan fingerprint density at radius 2 is 2.09 bits per heavy atom. The molecule has 0 fully saturated rings. The van der Waals surface area contributed by atoms with Crippen molar-refractivity contribution in [2.45, 2.75) is 26.4 Å². The third kappa shape index (κ3) is 2.37. The number of pyridine rings is 1. The zero-order valence-electron chi connectivity index (χ0n) is 12.8. The molecule has 0 aromatic carbocycles. The highest BCUT2D eigenvalue weighted by atomic mass is 35.5. The summed E-state index contributed by atoms with van der Waals surface area (Å²) in [4.78, 5) is 13.3. The maximum atomic E-state index is 5.96. The molecule has 0 saturated carbocycles. The lowest BCUT2D eigenvalue weighted by Gasteiger charge is -2.07. The van der Waals surface area contributed by atoms with Gasteiger partial charge < -0.3 is 9.30 Å². The second kappa shape index (κ2) is 5.34. The van der Waals surface area contributed by atoms with Gasteiger partial charge in [-0.1, -0.05) is 11.6 Å². The SMILES string of the molecule is CC(C)n1ncnc1-c1cn2c(n1)-c1ccc(Cl)nc1OCC2. The van der Waals surface area contributed by atoms with Crippen LogP contribution in [-0.4, -0.2) is 35.9 Å². The van der Waals surface area contributed by atoms with Crippen LogP contribution < -0.4 is 4.74 Å². The van der Waals surface area contributed by atoms with Gasteiger partial charge in [-0.05, 0) is 26.0 Å². The fraction of sp³-hybridized carbons (Fsp3) is 0.333. The molecule has 4 heterocycles. The van der Waals surface area contributed by atoms with E-state index >= 15 is 0 Å². The van der Waals surface area contributed by atoms with Crippen LogP contribution in [0.2, 0.25) is 5.15 Å². The summed E-state index contributed by atoms with van der Waals surface area (Å²) in [5.74, 6) is 2.07. The molecule has 23 heavy (non-hydrogen) atoms. The summed E-state index contributed by atoms with van der Waals surface area (Å²) in [5.41, 5.74) is 1.61. The second-order valence-corrected chi connectivity index (χ2v) is 5.99. The van der Waals surface area contributed by atoms with Crippen LogP contribution in [0.5, 0.6) is 5.88 Å². The molecule has 3 aromatic heterocycles. The van der Waals surface area contributed by atoms with Crippen molar-refractivity contribution >= 4 is 11.6 Å². The van der Waals surface area contributed by atoms with Gasteiger partial charge in [0, 0.05) is 12.2 Å². The molecule has 0 unspecified atom stereocenters. The summed E-state index contributed by atoms with van der Waals surface area (Å²) < 4.78 is 9.59. The highest BCUT2D eigenvalue weighted by Crippen LogP contribution is 2.33. The van der Waals surface area contributed by atoms with Crippen LogP contribution in [0.4, 0.5) is 0 Å². The van der Waals surface area contributed by atoms with Gasteiger partial charge in [0.05, 0.1) is 12.1 Å². The molecule has 118 valence electrons. The zero-order chi connectivity index (χ0) is 16.0. The van der Waals surface area contributed by atoms with E-state index in [-0.39, 0.29) is 6.04 Å². The van der Waals surface area contributed by atoms with Gasteiger partial charge in [0.15, 0.2) is 5.82 Å². The Labute approximate surface area is 137 Å². The molecule has 1 aliphatic rings. The lowest BCUT2D eigenvalue weighted by atomic mass is 10.2. The number of rotatable bonds is 2. The average Bonchev–Trinajstić information content (AvgIpc) is 3.11. The summed E-state index contributed by atoms with van der Waals surface area (Å²) in [6.45, 7) is 5.33. The van der Waals surface area contributed by atoms with Gasteiger partial charge in [-0.2, -0.15) is 5.10 Å². The Balaban J connectivity index is 1.86. The number of halogens is 1. The van der Waals surface area contributed by atoms with Crippen molar-refractivity contribution < 1.29 is 4.74 Å².